The molecule has 1 aromatic carbocycles. The molecular formula is C15H19BrN4O. The van der Waals surface area contributed by atoms with Crippen molar-refractivity contribution in [2.24, 2.45) is 0 Å². The van der Waals surface area contributed by atoms with Crippen LogP contribution in [0.5, 0.6) is 0 Å². The standard InChI is InChI=1S/C15H19BrN4O/c1-15(2,3)14-17-12(18-19-14)13(21)20(4)9-10-6-5-7-11(16)8-10/h5-8H,9H2,1-4H3,(H,17,18,19). The molecule has 0 fully saturated rings. The highest BCUT2D eigenvalue weighted by Gasteiger charge is 2.23. The van der Waals surface area contributed by atoms with Crippen LogP contribution in [0.3, 0.4) is 0 Å². The van der Waals surface area contributed by atoms with E-state index in [0.717, 1.165) is 10.0 Å². The lowest BCUT2D eigenvalue weighted by molar-refractivity contribution is 0.0773. The van der Waals surface area contributed by atoms with E-state index in [-0.39, 0.29) is 17.1 Å². The number of carbonyl (C=O) groups excluding carboxylic acids is 1. The molecule has 1 aromatic heterocycles. The largest absolute Gasteiger partial charge is 0.335 e. The third-order valence-corrected chi connectivity index (χ3v) is 3.54. The van der Waals surface area contributed by atoms with Crippen molar-refractivity contribution in [3.05, 3.63) is 46.0 Å². The lowest BCUT2D eigenvalue weighted by Gasteiger charge is -2.16. The topological polar surface area (TPSA) is 61.9 Å². The fourth-order valence-corrected chi connectivity index (χ4v) is 2.29. The number of H-pyrrole nitrogens is 1. The summed E-state index contributed by atoms with van der Waals surface area (Å²) in [6.45, 7) is 6.57. The molecule has 0 aliphatic heterocycles. The van der Waals surface area contributed by atoms with Gasteiger partial charge in [-0.2, -0.15) is 0 Å². The second-order valence-electron chi connectivity index (χ2n) is 6.05. The number of amides is 1. The molecule has 0 saturated heterocycles. The van der Waals surface area contributed by atoms with E-state index >= 15 is 0 Å². The van der Waals surface area contributed by atoms with Gasteiger partial charge in [-0.05, 0) is 17.7 Å². The van der Waals surface area contributed by atoms with Gasteiger partial charge < -0.3 is 4.90 Å². The van der Waals surface area contributed by atoms with E-state index in [4.69, 9.17) is 0 Å². The van der Waals surface area contributed by atoms with E-state index in [1.165, 1.54) is 0 Å². The summed E-state index contributed by atoms with van der Waals surface area (Å²) in [6, 6.07) is 7.87. The first-order chi connectivity index (χ1) is 9.77. The second kappa shape index (κ2) is 5.97. The number of rotatable bonds is 3. The molecule has 21 heavy (non-hydrogen) atoms. The number of nitrogens with zero attached hydrogens (tertiary/aromatic N) is 3. The van der Waals surface area contributed by atoms with Gasteiger partial charge in [0.05, 0.1) is 0 Å². The maximum absolute atomic E-state index is 12.3. The fourth-order valence-electron chi connectivity index (χ4n) is 1.84. The Kier molecular flexibility index (Phi) is 4.46. The van der Waals surface area contributed by atoms with Crippen molar-refractivity contribution in [1.29, 1.82) is 0 Å². The van der Waals surface area contributed by atoms with Crippen LogP contribution in [0.1, 0.15) is 42.8 Å². The molecule has 0 aliphatic rings. The summed E-state index contributed by atoms with van der Waals surface area (Å²) < 4.78 is 0.994. The van der Waals surface area contributed by atoms with Crippen molar-refractivity contribution in [1.82, 2.24) is 20.1 Å². The minimum Gasteiger partial charge on any atom is -0.335 e. The second-order valence-corrected chi connectivity index (χ2v) is 6.96. The highest BCUT2D eigenvalue weighted by atomic mass is 79.9. The smallest absolute Gasteiger partial charge is 0.293 e. The summed E-state index contributed by atoms with van der Waals surface area (Å²) in [5.41, 5.74) is 0.890. The zero-order chi connectivity index (χ0) is 15.6. The molecule has 0 atom stereocenters. The van der Waals surface area contributed by atoms with Crippen LogP contribution in [-0.2, 0) is 12.0 Å². The first-order valence-corrected chi connectivity index (χ1v) is 7.49. The molecule has 1 N–H and O–H groups in total. The fraction of sp³-hybridized carbons (Fsp3) is 0.400. The van der Waals surface area contributed by atoms with E-state index in [9.17, 15) is 4.79 Å². The summed E-state index contributed by atoms with van der Waals surface area (Å²) in [5, 5.41) is 6.86. The average Bonchev–Trinajstić information content (AvgIpc) is 2.87. The quantitative estimate of drug-likeness (QED) is 0.924. The molecule has 6 heteroatoms. The Morgan fingerprint density at radius 1 is 1.38 bits per heavy atom. The van der Waals surface area contributed by atoms with Crippen LogP contribution in [0.4, 0.5) is 0 Å². The molecule has 2 rings (SSSR count). The molecule has 0 saturated carbocycles. The summed E-state index contributed by atoms with van der Waals surface area (Å²) in [5.74, 6) is 0.723. The monoisotopic (exact) mass is 350 g/mol. The van der Waals surface area contributed by atoms with Gasteiger partial charge in [-0.3, -0.25) is 9.89 Å². The lowest BCUT2D eigenvalue weighted by Crippen LogP contribution is -2.27. The predicted molar refractivity (Wildman–Crippen MR) is 85.0 cm³/mol. The van der Waals surface area contributed by atoms with E-state index < -0.39 is 0 Å². The first kappa shape index (κ1) is 15.7. The minimum atomic E-state index is -0.193. The third kappa shape index (κ3) is 3.91. The van der Waals surface area contributed by atoms with Crippen molar-refractivity contribution in [2.75, 3.05) is 7.05 Å². The number of hydrogen-bond acceptors (Lipinski definition) is 3. The molecule has 1 amide bonds. The van der Waals surface area contributed by atoms with Crippen molar-refractivity contribution >= 4 is 21.8 Å². The van der Waals surface area contributed by atoms with E-state index in [1.807, 2.05) is 45.0 Å². The number of hydrogen-bond donors (Lipinski definition) is 1. The van der Waals surface area contributed by atoms with Gasteiger partial charge in [-0.15, -0.1) is 5.10 Å². The predicted octanol–water partition coefficient (Wildman–Crippen LogP) is 3.14. The van der Waals surface area contributed by atoms with E-state index in [1.54, 1.807) is 11.9 Å². The van der Waals surface area contributed by atoms with Crippen molar-refractivity contribution in [2.45, 2.75) is 32.7 Å². The Bertz CT molecular complexity index is 645. The third-order valence-electron chi connectivity index (χ3n) is 3.04. The van der Waals surface area contributed by atoms with Gasteiger partial charge in [-0.1, -0.05) is 48.8 Å². The number of aromatic amines is 1. The van der Waals surface area contributed by atoms with Crippen molar-refractivity contribution in [3.8, 4) is 0 Å². The minimum absolute atomic E-state index is 0.158. The molecule has 0 radical (unpaired) electrons. The van der Waals surface area contributed by atoms with Crippen LogP contribution in [0, 0.1) is 0 Å². The lowest BCUT2D eigenvalue weighted by atomic mass is 9.96. The maximum Gasteiger partial charge on any atom is 0.293 e. The summed E-state index contributed by atoms with van der Waals surface area (Å²) >= 11 is 3.43. The zero-order valence-electron chi connectivity index (χ0n) is 12.6. The van der Waals surface area contributed by atoms with Crippen LogP contribution < -0.4 is 0 Å². The summed E-state index contributed by atoms with van der Waals surface area (Å²) in [6.07, 6.45) is 0. The van der Waals surface area contributed by atoms with Crippen LogP contribution in [-0.4, -0.2) is 33.0 Å². The Labute approximate surface area is 132 Å². The number of nitrogens with one attached hydrogen (secondary N) is 1. The molecular weight excluding hydrogens is 332 g/mol. The van der Waals surface area contributed by atoms with Gasteiger partial charge in [0.15, 0.2) is 0 Å². The Hall–Kier alpha value is -1.69. The van der Waals surface area contributed by atoms with Crippen molar-refractivity contribution in [3.63, 3.8) is 0 Å². The van der Waals surface area contributed by atoms with Gasteiger partial charge in [0.1, 0.15) is 5.82 Å². The number of halogens is 1. The Morgan fingerprint density at radius 2 is 2.10 bits per heavy atom. The van der Waals surface area contributed by atoms with Gasteiger partial charge in [-0.25, -0.2) is 4.98 Å². The maximum atomic E-state index is 12.3. The normalized spacial score (nSPS) is 11.5. The number of aromatic nitrogens is 3. The van der Waals surface area contributed by atoms with Crippen LogP contribution in [0.15, 0.2) is 28.7 Å². The molecule has 0 aliphatic carbocycles. The molecule has 112 valence electrons. The van der Waals surface area contributed by atoms with Gasteiger partial charge in [0.2, 0.25) is 5.82 Å². The SMILES string of the molecule is CN(Cc1cccc(Br)c1)C(=O)c1n[nH]c(C(C)(C)C)n1. The van der Waals surface area contributed by atoms with Crippen LogP contribution in [0.25, 0.3) is 0 Å². The van der Waals surface area contributed by atoms with Gasteiger partial charge in [0, 0.05) is 23.5 Å². The van der Waals surface area contributed by atoms with Crippen LogP contribution in [0.2, 0.25) is 0 Å². The molecule has 0 unspecified atom stereocenters. The van der Waals surface area contributed by atoms with E-state index in [2.05, 4.69) is 31.1 Å². The van der Waals surface area contributed by atoms with Crippen molar-refractivity contribution < 1.29 is 4.79 Å². The molecule has 2 aromatic rings. The molecule has 5 nitrogen and oxygen atoms in total. The summed E-state index contributed by atoms with van der Waals surface area (Å²) in [4.78, 5) is 18.2. The Balaban J connectivity index is 2.11. The molecule has 0 bridgehead atoms. The zero-order valence-corrected chi connectivity index (χ0v) is 14.2. The highest BCUT2D eigenvalue weighted by Crippen LogP contribution is 2.18. The molecule has 0 spiro atoms. The number of carbonyl (C=O) groups is 1. The van der Waals surface area contributed by atoms with Gasteiger partial charge >= 0.3 is 0 Å². The number of benzene rings is 1. The van der Waals surface area contributed by atoms with Gasteiger partial charge in [0.25, 0.3) is 5.91 Å². The highest BCUT2D eigenvalue weighted by molar-refractivity contribution is 9.10. The van der Waals surface area contributed by atoms with Crippen LogP contribution >= 0.6 is 15.9 Å². The average molecular weight is 351 g/mol. The van der Waals surface area contributed by atoms with E-state index in [0.29, 0.717) is 12.4 Å². The summed E-state index contributed by atoms with van der Waals surface area (Å²) in [7, 11) is 1.75. The first-order valence-electron chi connectivity index (χ1n) is 6.70. The molecule has 1 heterocycles. The Morgan fingerprint density at radius 3 is 2.67 bits per heavy atom.